The minimum absolute atomic E-state index is 0.256. The van der Waals surface area contributed by atoms with Crippen LogP contribution >= 0.6 is 0 Å². The molecule has 32 heavy (non-hydrogen) atoms. The quantitative estimate of drug-likeness (QED) is 0.179. The Balaban J connectivity index is 1.99. The van der Waals surface area contributed by atoms with Crippen LogP contribution in [-0.2, 0) is 0 Å². The van der Waals surface area contributed by atoms with Gasteiger partial charge in [0.25, 0.3) is 0 Å². The summed E-state index contributed by atoms with van der Waals surface area (Å²) in [6.07, 6.45) is 22.3. The van der Waals surface area contributed by atoms with E-state index >= 15 is 0 Å². The van der Waals surface area contributed by atoms with Gasteiger partial charge in [-0.3, -0.25) is 0 Å². The number of unbranched alkanes of at least 4 members (excludes halogenated alkanes) is 13. The molecule has 0 spiro atoms. The van der Waals surface area contributed by atoms with Crippen LogP contribution in [0, 0.1) is 0 Å². The van der Waals surface area contributed by atoms with E-state index in [1.54, 1.807) is 0 Å². The van der Waals surface area contributed by atoms with Gasteiger partial charge in [0.05, 0.1) is 0 Å². The summed E-state index contributed by atoms with van der Waals surface area (Å²) >= 11 is 0. The third kappa shape index (κ3) is 14.2. The second-order valence-corrected chi connectivity index (χ2v) is 9.80. The molecule has 186 valence electrons. The molecule has 0 heterocycles. The molecule has 2 heteroatoms. The molecule has 2 atom stereocenters. The summed E-state index contributed by atoms with van der Waals surface area (Å²) in [6.45, 7) is 11.1. The van der Waals surface area contributed by atoms with Crippen molar-refractivity contribution in [2.75, 3.05) is 13.1 Å². The summed E-state index contributed by atoms with van der Waals surface area (Å²) in [5.74, 6) is 1.62. The third-order valence-corrected chi connectivity index (χ3v) is 6.89. The molecule has 0 saturated heterocycles. The van der Waals surface area contributed by atoms with Crippen LogP contribution in [0.3, 0.4) is 0 Å². The lowest BCUT2D eigenvalue weighted by Gasteiger charge is -2.22. The molecule has 0 fully saturated rings. The molecule has 0 bridgehead atoms. The maximum Gasteiger partial charge on any atom is 0.123 e. The first-order chi connectivity index (χ1) is 15.7. The van der Waals surface area contributed by atoms with Gasteiger partial charge in [0.15, 0.2) is 0 Å². The fourth-order valence-corrected chi connectivity index (χ4v) is 4.37. The van der Waals surface area contributed by atoms with Crippen LogP contribution < -0.4 is 10.1 Å². The highest BCUT2D eigenvalue weighted by Gasteiger charge is 2.13. The van der Waals surface area contributed by atoms with E-state index in [2.05, 4.69) is 57.3 Å². The van der Waals surface area contributed by atoms with E-state index in [9.17, 15) is 0 Å². The average molecular weight is 446 g/mol. The van der Waals surface area contributed by atoms with Crippen molar-refractivity contribution in [2.24, 2.45) is 0 Å². The van der Waals surface area contributed by atoms with Crippen LogP contribution in [0.15, 0.2) is 24.3 Å². The molecule has 0 unspecified atom stereocenters. The Bertz CT molecular complexity index is 529. The summed E-state index contributed by atoms with van der Waals surface area (Å²) in [7, 11) is 0. The molecule has 0 saturated carbocycles. The van der Waals surface area contributed by atoms with Crippen molar-refractivity contribution in [3.05, 3.63) is 29.8 Å². The van der Waals surface area contributed by atoms with Crippen LogP contribution in [0.5, 0.6) is 5.75 Å². The Labute approximate surface area is 201 Å². The van der Waals surface area contributed by atoms with Gasteiger partial charge in [-0.1, -0.05) is 129 Å². The zero-order valence-electron chi connectivity index (χ0n) is 22.1. The second-order valence-electron chi connectivity index (χ2n) is 9.80. The van der Waals surface area contributed by atoms with Crippen molar-refractivity contribution in [1.82, 2.24) is 5.32 Å². The zero-order chi connectivity index (χ0) is 23.3. The van der Waals surface area contributed by atoms with E-state index in [1.165, 1.54) is 95.5 Å². The van der Waals surface area contributed by atoms with E-state index in [0.29, 0.717) is 5.92 Å². The minimum Gasteiger partial charge on any atom is -0.489 e. The number of hydrogen-bond acceptors (Lipinski definition) is 2. The van der Waals surface area contributed by atoms with E-state index in [0.717, 1.165) is 31.7 Å². The van der Waals surface area contributed by atoms with E-state index in [-0.39, 0.29) is 6.10 Å². The molecular formula is C30H55NO. The van der Waals surface area contributed by atoms with Gasteiger partial charge in [-0.15, -0.1) is 0 Å². The van der Waals surface area contributed by atoms with Crippen molar-refractivity contribution in [2.45, 2.75) is 142 Å². The summed E-state index contributed by atoms with van der Waals surface area (Å²) in [4.78, 5) is 0. The molecular weight excluding hydrogens is 390 g/mol. The highest BCUT2D eigenvalue weighted by Crippen LogP contribution is 2.29. The van der Waals surface area contributed by atoms with Gasteiger partial charge >= 0.3 is 0 Å². The highest BCUT2D eigenvalue weighted by atomic mass is 16.5. The van der Waals surface area contributed by atoms with Gasteiger partial charge in [0, 0.05) is 6.54 Å². The highest BCUT2D eigenvalue weighted by molar-refractivity contribution is 5.36. The first-order valence-electron chi connectivity index (χ1n) is 14.2. The molecule has 2 nitrogen and oxygen atoms in total. The van der Waals surface area contributed by atoms with Crippen molar-refractivity contribution >= 4 is 0 Å². The molecule has 1 N–H and O–H groups in total. The molecule has 0 aliphatic carbocycles. The van der Waals surface area contributed by atoms with Gasteiger partial charge in [0.1, 0.15) is 11.9 Å². The van der Waals surface area contributed by atoms with E-state index in [4.69, 9.17) is 4.74 Å². The van der Waals surface area contributed by atoms with Crippen molar-refractivity contribution in [3.8, 4) is 5.75 Å². The molecule has 0 aliphatic heterocycles. The van der Waals surface area contributed by atoms with Crippen LogP contribution in [0.4, 0.5) is 0 Å². The normalized spacial score (nSPS) is 13.2. The summed E-state index contributed by atoms with van der Waals surface area (Å²) in [5.41, 5.74) is 1.35. The van der Waals surface area contributed by atoms with Crippen LogP contribution in [-0.4, -0.2) is 19.2 Å². The predicted octanol–water partition coefficient (Wildman–Crippen LogP) is 9.43. The zero-order valence-corrected chi connectivity index (χ0v) is 22.1. The van der Waals surface area contributed by atoms with Crippen molar-refractivity contribution < 1.29 is 4.74 Å². The first kappa shape index (κ1) is 29.0. The number of rotatable bonds is 22. The average Bonchev–Trinajstić information content (AvgIpc) is 2.82. The Morgan fingerprint density at radius 1 is 0.688 bits per heavy atom. The van der Waals surface area contributed by atoms with Crippen molar-refractivity contribution in [1.29, 1.82) is 0 Å². The summed E-state index contributed by atoms with van der Waals surface area (Å²) in [6, 6.07) is 8.58. The van der Waals surface area contributed by atoms with E-state index in [1.807, 2.05) is 0 Å². The Hall–Kier alpha value is -1.02. The fourth-order valence-electron chi connectivity index (χ4n) is 4.37. The van der Waals surface area contributed by atoms with Crippen molar-refractivity contribution in [3.63, 3.8) is 0 Å². The molecule has 0 aromatic heterocycles. The Morgan fingerprint density at radius 2 is 1.22 bits per heavy atom. The van der Waals surface area contributed by atoms with Crippen LogP contribution in [0.25, 0.3) is 0 Å². The SMILES string of the molecule is CCCCCCCCCCCCCCCCNC[C@@H](CC)Oc1ccccc1[C@@H](C)CC. The molecule has 1 rings (SSSR count). The smallest absolute Gasteiger partial charge is 0.123 e. The monoisotopic (exact) mass is 445 g/mol. The van der Waals surface area contributed by atoms with Gasteiger partial charge < -0.3 is 10.1 Å². The molecule has 0 amide bonds. The van der Waals surface area contributed by atoms with Crippen LogP contribution in [0.1, 0.15) is 142 Å². The fraction of sp³-hybridized carbons (Fsp3) is 0.800. The standard InChI is InChI=1S/C30H55NO/c1-5-8-9-10-11-12-13-14-15-16-17-18-19-22-25-31-26-28(7-3)32-30-24-21-20-23-29(30)27(4)6-2/h20-21,23-24,27-28,31H,5-19,22,25-26H2,1-4H3/t27-,28+/m0/s1. The van der Waals surface area contributed by atoms with Gasteiger partial charge in [0.2, 0.25) is 0 Å². The predicted molar refractivity (Wildman–Crippen MR) is 143 cm³/mol. The second kappa shape index (κ2) is 20.6. The molecule has 0 aliphatic rings. The third-order valence-electron chi connectivity index (χ3n) is 6.89. The number of nitrogens with one attached hydrogen (secondary N) is 1. The topological polar surface area (TPSA) is 21.3 Å². The number of benzene rings is 1. The maximum absolute atomic E-state index is 6.38. The Kier molecular flexibility index (Phi) is 18.7. The number of hydrogen-bond donors (Lipinski definition) is 1. The Morgan fingerprint density at radius 3 is 1.75 bits per heavy atom. The van der Waals surface area contributed by atoms with Gasteiger partial charge in [-0.2, -0.15) is 0 Å². The molecule has 1 aromatic carbocycles. The first-order valence-corrected chi connectivity index (χ1v) is 14.2. The van der Waals surface area contributed by atoms with Crippen LogP contribution in [0.2, 0.25) is 0 Å². The lowest BCUT2D eigenvalue weighted by atomic mass is 9.98. The number of para-hydroxylation sites is 1. The lowest BCUT2D eigenvalue weighted by Crippen LogP contribution is -2.31. The lowest BCUT2D eigenvalue weighted by molar-refractivity contribution is 0.190. The largest absolute Gasteiger partial charge is 0.489 e. The maximum atomic E-state index is 6.38. The summed E-state index contributed by atoms with van der Waals surface area (Å²) < 4.78 is 6.38. The number of ether oxygens (including phenoxy) is 1. The van der Waals surface area contributed by atoms with E-state index < -0.39 is 0 Å². The molecule has 1 aromatic rings. The van der Waals surface area contributed by atoms with Gasteiger partial charge in [-0.25, -0.2) is 0 Å². The minimum atomic E-state index is 0.256. The van der Waals surface area contributed by atoms with Gasteiger partial charge in [-0.05, 0) is 43.4 Å². The molecule has 0 radical (unpaired) electrons. The summed E-state index contributed by atoms with van der Waals surface area (Å²) in [5, 5.41) is 3.64.